The SMILES string of the molecule is Nc1cccc(CCCn2ccsc2=O)c1. The molecule has 0 saturated carbocycles. The number of hydrogen-bond acceptors (Lipinski definition) is 3. The summed E-state index contributed by atoms with van der Waals surface area (Å²) in [5, 5.41) is 1.82. The highest BCUT2D eigenvalue weighted by Gasteiger charge is 1.97. The molecule has 0 aliphatic heterocycles. The quantitative estimate of drug-likeness (QED) is 0.824. The average Bonchev–Trinajstić information content (AvgIpc) is 2.65. The van der Waals surface area contributed by atoms with Gasteiger partial charge in [0.1, 0.15) is 0 Å². The third-order valence-electron chi connectivity index (χ3n) is 2.46. The first kappa shape index (κ1) is 11.0. The Kier molecular flexibility index (Phi) is 3.41. The van der Waals surface area contributed by atoms with E-state index in [1.165, 1.54) is 16.9 Å². The first-order valence-electron chi connectivity index (χ1n) is 5.24. The van der Waals surface area contributed by atoms with Gasteiger partial charge in [0, 0.05) is 23.8 Å². The fourth-order valence-electron chi connectivity index (χ4n) is 1.66. The fraction of sp³-hybridized carbons (Fsp3) is 0.250. The van der Waals surface area contributed by atoms with Crippen molar-refractivity contribution < 1.29 is 0 Å². The minimum atomic E-state index is 0.118. The van der Waals surface area contributed by atoms with Crippen molar-refractivity contribution >= 4 is 17.0 Å². The molecule has 0 radical (unpaired) electrons. The molecule has 0 spiro atoms. The molecular weight excluding hydrogens is 220 g/mol. The largest absolute Gasteiger partial charge is 0.399 e. The number of hydrogen-bond donors (Lipinski definition) is 1. The van der Waals surface area contributed by atoms with Crippen molar-refractivity contribution in [3.8, 4) is 0 Å². The summed E-state index contributed by atoms with van der Waals surface area (Å²) in [6.07, 6.45) is 3.75. The summed E-state index contributed by atoms with van der Waals surface area (Å²) in [5.41, 5.74) is 7.72. The van der Waals surface area contributed by atoms with Crippen LogP contribution in [0.25, 0.3) is 0 Å². The van der Waals surface area contributed by atoms with Crippen molar-refractivity contribution in [3.05, 3.63) is 51.1 Å². The van der Waals surface area contributed by atoms with Crippen molar-refractivity contribution in [2.75, 3.05) is 5.73 Å². The second-order valence-corrected chi connectivity index (χ2v) is 4.57. The summed E-state index contributed by atoms with van der Waals surface area (Å²) >= 11 is 1.24. The molecule has 16 heavy (non-hydrogen) atoms. The number of rotatable bonds is 4. The Morgan fingerprint density at radius 1 is 1.38 bits per heavy atom. The number of nitrogens with two attached hydrogens (primary N) is 1. The lowest BCUT2D eigenvalue weighted by Crippen LogP contribution is -2.12. The summed E-state index contributed by atoms with van der Waals surface area (Å²) in [5.74, 6) is 0. The number of aromatic nitrogens is 1. The molecule has 0 aliphatic carbocycles. The Balaban J connectivity index is 1.89. The summed E-state index contributed by atoms with van der Waals surface area (Å²) in [4.78, 5) is 11.4. The zero-order valence-electron chi connectivity index (χ0n) is 8.93. The number of thiazole rings is 1. The molecule has 0 atom stereocenters. The third-order valence-corrected chi connectivity index (χ3v) is 3.15. The predicted molar refractivity (Wildman–Crippen MR) is 67.8 cm³/mol. The molecule has 0 saturated heterocycles. The second-order valence-electron chi connectivity index (χ2n) is 3.71. The lowest BCUT2D eigenvalue weighted by molar-refractivity contribution is 0.634. The highest BCUT2D eigenvalue weighted by Crippen LogP contribution is 2.09. The molecule has 0 fully saturated rings. The van der Waals surface area contributed by atoms with Gasteiger partial charge in [-0.3, -0.25) is 4.79 Å². The molecule has 1 aromatic carbocycles. The van der Waals surface area contributed by atoms with E-state index in [1.54, 1.807) is 4.57 Å². The van der Waals surface area contributed by atoms with Crippen LogP contribution in [0.3, 0.4) is 0 Å². The fourth-order valence-corrected chi connectivity index (χ4v) is 2.27. The van der Waals surface area contributed by atoms with Gasteiger partial charge >= 0.3 is 4.87 Å². The first-order valence-corrected chi connectivity index (χ1v) is 6.12. The molecule has 0 bridgehead atoms. The van der Waals surface area contributed by atoms with E-state index in [-0.39, 0.29) is 4.87 Å². The maximum absolute atomic E-state index is 11.3. The summed E-state index contributed by atoms with van der Waals surface area (Å²) in [6, 6.07) is 7.89. The molecule has 1 heterocycles. The van der Waals surface area contributed by atoms with Crippen LogP contribution < -0.4 is 10.6 Å². The van der Waals surface area contributed by atoms with E-state index < -0.39 is 0 Å². The van der Waals surface area contributed by atoms with Gasteiger partial charge in [0.25, 0.3) is 0 Å². The normalized spacial score (nSPS) is 10.5. The van der Waals surface area contributed by atoms with Gasteiger partial charge < -0.3 is 10.3 Å². The number of aryl methyl sites for hydroxylation is 2. The maximum atomic E-state index is 11.3. The van der Waals surface area contributed by atoms with E-state index in [9.17, 15) is 4.79 Å². The van der Waals surface area contributed by atoms with Crippen LogP contribution in [0.1, 0.15) is 12.0 Å². The lowest BCUT2D eigenvalue weighted by Gasteiger charge is -2.03. The van der Waals surface area contributed by atoms with Crippen molar-refractivity contribution in [2.45, 2.75) is 19.4 Å². The molecule has 84 valence electrons. The van der Waals surface area contributed by atoms with Gasteiger partial charge in [-0.05, 0) is 30.5 Å². The first-order chi connectivity index (χ1) is 7.75. The van der Waals surface area contributed by atoms with Gasteiger partial charge in [0.15, 0.2) is 0 Å². The van der Waals surface area contributed by atoms with Gasteiger partial charge in [0.05, 0.1) is 0 Å². The lowest BCUT2D eigenvalue weighted by atomic mass is 10.1. The summed E-state index contributed by atoms with van der Waals surface area (Å²) < 4.78 is 1.75. The number of benzene rings is 1. The average molecular weight is 234 g/mol. The maximum Gasteiger partial charge on any atom is 0.307 e. The second kappa shape index (κ2) is 4.99. The molecule has 0 unspecified atom stereocenters. The molecule has 2 N–H and O–H groups in total. The Morgan fingerprint density at radius 2 is 2.25 bits per heavy atom. The van der Waals surface area contributed by atoms with Crippen molar-refractivity contribution in [1.82, 2.24) is 4.57 Å². The van der Waals surface area contributed by atoms with E-state index >= 15 is 0 Å². The molecule has 0 aliphatic rings. The Morgan fingerprint density at radius 3 is 2.94 bits per heavy atom. The minimum absolute atomic E-state index is 0.118. The molecule has 1 aromatic heterocycles. The van der Waals surface area contributed by atoms with E-state index in [0.717, 1.165) is 25.1 Å². The molecule has 3 nitrogen and oxygen atoms in total. The van der Waals surface area contributed by atoms with Crippen LogP contribution in [0.2, 0.25) is 0 Å². The molecule has 4 heteroatoms. The smallest absolute Gasteiger partial charge is 0.307 e. The van der Waals surface area contributed by atoms with Gasteiger partial charge in [-0.1, -0.05) is 23.5 Å². The summed E-state index contributed by atoms with van der Waals surface area (Å²) in [6.45, 7) is 0.775. The van der Waals surface area contributed by atoms with E-state index in [1.807, 2.05) is 29.8 Å². The number of anilines is 1. The minimum Gasteiger partial charge on any atom is -0.399 e. The Hall–Kier alpha value is -1.55. The van der Waals surface area contributed by atoms with Crippen LogP contribution in [-0.2, 0) is 13.0 Å². The van der Waals surface area contributed by atoms with Crippen molar-refractivity contribution in [2.24, 2.45) is 0 Å². The summed E-state index contributed by atoms with van der Waals surface area (Å²) in [7, 11) is 0. The van der Waals surface area contributed by atoms with E-state index in [0.29, 0.717) is 0 Å². The number of nitrogens with zero attached hydrogens (tertiary/aromatic N) is 1. The van der Waals surface area contributed by atoms with Crippen LogP contribution in [-0.4, -0.2) is 4.57 Å². The zero-order chi connectivity index (χ0) is 11.4. The standard InChI is InChI=1S/C12H14N2OS/c13-11-5-1-3-10(9-11)4-2-6-14-7-8-16-12(14)15/h1,3,5,7-9H,2,4,6,13H2. The van der Waals surface area contributed by atoms with Crippen LogP contribution in [0.15, 0.2) is 40.6 Å². The number of nitrogen functional groups attached to an aromatic ring is 1. The van der Waals surface area contributed by atoms with Crippen LogP contribution >= 0.6 is 11.3 Å². The highest BCUT2D eigenvalue weighted by molar-refractivity contribution is 7.07. The van der Waals surface area contributed by atoms with Gasteiger partial charge in [-0.15, -0.1) is 0 Å². The van der Waals surface area contributed by atoms with Crippen LogP contribution in [0.5, 0.6) is 0 Å². The molecule has 2 rings (SSSR count). The predicted octanol–water partition coefficient (Wildman–Crippen LogP) is 2.12. The molecule has 0 amide bonds. The van der Waals surface area contributed by atoms with Crippen LogP contribution in [0, 0.1) is 0 Å². The van der Waals surface area contributed by atoms with E-state index in [4.69, 9.17) is 5.73 Å². The van der Waals surface area contributed by atoms with Crippen LogP contribution in [0.4, 0.5) is 5.69 Å². The monoisotopic (exact) mass is 234 g/mol. The molecular formula is C12H14N2OS. The third kappa shape index (κ3) is 2.73. The topological polar surface area (TPSA) is 48.0 Å². The van der Waals surface area contributed by atoms with E-state index in [2.05, 4.69) is 6.07 Å². The Bertz CT molecular complexity index is 515. The highest BCUT2D eigenvalue weighted by atomic mass is 32.1. The van der Waals surface area contributed by atoms with Gasteiger partial charge in [-0.2, -0.15) is 0 Å². The molecule has 2 aromatic rings. The van der Waals surface area contributed by atoms with Crippen molar-refractivity contribution in [1.29, 1.82) is 0 Å². The van der Waals surface area contributed by atoms with Gasteiger partial charge in [0.2, 0.25) is 0 Å². The zero-order valence-corrected chi connectivity index (χ0v) is 9.74. The van der Waals surface area contributed by atoms with Gasteiger partial charge in [-0.25, -0.2) is 0 Å². The van der Waals surface area contributed by atoms with Crippen molar-refractivity contribution in [3.63, 3.8) is 0 Å². The Labute approximate surface area is 98.2 Å².